The molecule has 1 aromatic carbocycles. The molecule has 1 atom stereocenters. The molecule has 0 bridgehead atoms. The average Bonchev–Trinajstić information content (AvgIpc) is 3.13. The third-order valence-corrected chi connectivity index (χ3v) is 4.04. The van der Waals surface area contributed by atoms with Crippen molar-refractivity contribution >= 4 is 11.6 Å². The minimum Gasteiger partial charge on any atom is -0.488 e. The molecule has 1 heterocycles. The molecule has 1 unspecified atom stereocenters. The van der Waals surface area contributed by atoms with Gasteiger partial charge in [0.1, 0.15) is 11.9 Å². The molecule has 3 rings (SSSR count). The van der Waals surface area contributed by atoms with Gasteiger partial charge in [0, 0.05) is 18.0 Å². The predicted molar refractivity (Wildman–Crippen MR) is 76.9 cm³/mol. The van der Waals surface area contributed by atoms with Gasteiger partial charge in [0.05, 0.1) is 13.2 Å². The van der Waals surface area contributed by atoms with Gasteiger partial charge in [-0.25, -0.2) is 0 Å². The van der Waals surface area contributed by atoms with Crippen molar-refractivity contribution in [1.29, 1.82) is 0 Å². The fourth-order valence-electron chi connectivity index (χ4n) is 2.85. The highest BCUT2D eigenvalue weighted by Gasteiger charge is 2.22. The highest BCUT2D eigenvalue weighted by Crippen LogP contribution is 2.26. The summed E-state index contributed by atoms with van der Waals surface area (Å²) in [5.74, 6) is 1.18. The topological polar surface area (TPSA) is 47.6 Å². The van der Waals surface area contributed by atoms with Gasteiger partial charge in [0.25, 0.3) is 0 Å². The number of benzene rings is 1. The van der Waals surface area contributed by atoms with E-state index in [0.29, 0.717) is 6.61 Å². The van der Waals surface area contributed by atoms with Gasteiger partial charge in [-0.2, -0.15) is 0 Å². The fourth-order valence-corrected chi connectivity index (χ4v) is 2.85. The Kier molecular flexibility index (Phi) is 4.21. The maximum Gasteiger partial charge on any atom is 0.227 e. The van der Waals surface area contributed by atoms with Crippen LogP contribution in [-0.2, 0) is 9.53 Å². The van der Waals surface area contributed by atoms with Gasteiger partial charge >= 0.3 is 0 Å². The predicted octanol–water partition coefficient (Wildman–Crippen LogP) is 2.98. The van der Waals surface area contributed by atoms with E-state index in [1.807, 2.05) is 24.3 Å². The molecule has 2 fully saturated rings. The van der Waals surface area contributed by atoms with E-state index in [0.717, 1.165) is 37.3 Å². The Hall–Kier alpha value is -1.55. The quantitative estimate of drug-likeness (QED) is 0.919. The number of ether oxygens (including phenoxy) is 2. The summed E-state index contributed by atoms with van der Waals surface area (Å²) in [6, 6.07) is 7.61. The number of carbonyl (C=O) groups excluding carboxylic acids is 1. The van der Waals surface area contributed by atoms with Crippen molar-refractivity contribution in [3.8, 4) is 5.75 Å². The van der Waals surface area contributed by atoms with Crippen molar-refractivity contribution in [1.82, 2.24) is 0 Å². The van der Waals surface area contributed by atoms with Crippen LogP contribution in [0.5, 0.6) is 5.75 Å². The molecule has 4 nitrogen and oxygen atoms in total. The van der Waals surface area contributed by atoms with Crippen LogP contribution in [0.1, 0.15) is 32.1 Å². The Morgan fingerprint density at radius 3 is 2.55 bits per heavy atom. The van der Waals surface area contributed by atoms with Gasteiger partial charge in [0.15, 0.2) is 0 Å². The molecule has 0 aromatic heterocycles. The lowest BCUT2D eigenvalue weighted by molar-refractivity contribution is -0.119. The SMILES string of the molecule is O=C(Nc1ccc(OC2CCOC2)cc1)C1CCCC1. The number of anilines is 1. The number of amides is 1. The third kappa shape index (κ3) is 3.31. The monoisotopic (exact) mass is 275 g/mol. The summed E-state index contributed by atoms with van der Waals surface area (Å²) in [5.41, 5.74) is 0.844. The molecule has 1 aliphatic heterocycles. The summed E-state index contributed by atoms with van der Waals surface area (Å²) in [7, 11) is 0. The van der Waals surface area contributed by atoms with E-state index in [1.165, 1.54) is 12.8 Å². The van der Waals surface area contributed by atoms with Crippen LogP contribution in [-0.4, -0.2) is 25.2 Å². The van der Waals surface area contributed by atoms with E-state index < -0.39 is 0 Å². The minimum atomic E-state index is 0.153. The second-order valence-electron chi connectivity index (χ2n) is 5.60. The first kappa shape index (κ1) is 13.4. The summed E-state index contributed by atoms with van der Waals surface area (Å²) in [5, 5.41) is 2.99. The van der Waals surface area contributed by atoms with Gasteiger partial charge in [-0.3, -0.25) is 4.79 Å². The van der Waals surface area contributed by atoms with Crippen molar-refractivity contribution in [2.75, 3.05) is 18.5 Å². The Balaban J connectivity index is 1.53. The van der Waals surface area contributed by atoms with Gasteiger partial charge in [0.2, 0.25) is 5.91 Å². The zero-order chi connectivity index (χ0) is 13.8. The summed E-state index contributed by atoms with van der Waals surface area (Å²) >= 11 is 0. The van der Waals surface area contributed by atoms with Gasteiger partial charge in [-0.1, -0.05) is 12.8 Å². The van der Waals surface area contributed by atoms with Crippen LogP contribution in [0, 0.1) is 5.92 Å². The molecule has 1 amide bonds. The molecular formula is C16H21NO3. The molecule has 2 aliphatic rings. The first-order valence-corrected chi connectivity index (χ1v) is 7.46. The largest absolute Gasteiger partial charge is 0.488 e. The fraction of sp³-hybridized carbons (Fsp3) is 0.562. The van der Waals surface area contributed by atoms with Crippen molar-refractivity contribution in [3.63, 3.8) is 0 Å². The van der Waals surface area contributed by atoms with Gasteiger partial charge in [-0.15, -0.1) is 0 Å². The molecule has 4 heteroatoms. The number of hydrogen-bond donors (Lipinski definition) is 1. The maximum absolute atomic E-state index is 12.0. The third-order valence-electron chi connectivity index (χ3n) is 4.04. The van der Waals surface area contributed by atoms with E-state index in [9.17, 15) is 4.79 Å². The molecule has 1 N–H and O–H groups in total. The first-order chi connectivity index (χ1) is 9.81. The van der Waals surface area contributed by atoms with E-state index in [1.54, 1.807) is 0 Å². The Morgan fingerprint density at radius 1 is 1.15 bits per heavy atom. The van der Waals surface area contributed by atoms with Crippen LogP contribution in [0.25, 0.3) is 0 Å². The number of carbonyl (C=O) groups is 1. The van der Waals surface area contributed by atoms with Crippen molar-refractivity contribution < 1.29 is 14.3 Å². The zero-order valence-electron chi connectivity index (χ0n) is 11.6. The van der Waals surface area contributed by atoms with E-state index >= 15 is 0 Å². The Labute approximate surface area is 119 Å². The van der Waals surface area contributed by atoms with E-state index in [2.05, 4.69) is 5.32 Å². The van der Waals surface area contributed by atoms with Crippen molar-refractivity contribution in [3.05, 3.63) is 24.3 Å². The Morgan fingerprint density at radius 2 is 1.90 bits per heavy atom. The summed E-state index contributed by atoms with van der Waals surface area (Å²) in [4.78, 5) is 12.0. The smallest absolute Gasteiger partial charge is 0.227 e. The molecule has 1 saturated heterocycles. The normalized spacial score (nSPS) is 22.9. The molecule has 1 saturated carbocycles. The molecule has 0 radical (unpaired) electrons. The highest BCUT2D eigenvalue weighted by molar-refractivity contribution is 5.92. The molecule has 1 aliphatic carbocycles. The van der Waals surface area contributed by atoms with Crippen LogP contribution in [0.15, 0.2) is 24.3 Å². The lowest BCUT2D eigenvalue weighted by Crippen LogP contribution is -2.20. The first-order valence-electron chi connectivity index (χ1n) is 7.46. The molecule has 108 valence electrons. The number of hydrogen-bond acceptors (Lipinski definition) is 3. The van der Waals surface area contributed by atoms with Crippen LogP contribution < -0.4 is 10.1 Å². The van der Waals surface area contributed by atoms with Crippen molar-refractivity contribution in [2.24, 2.45) is 5.92 Å². The summed E-state index contributed by atoms with van der Waals surface area (Å²) in [6.07, 6.45) is 5.50. The van der Waals surface area contributed by atoms with Gasteiger partial charge in [-0.05, 0) is 37.1 Å². The molecule has 0 spiro atoms. The standard InChI is InChI=1S/C16H21NO3/c18-16(12-3-1-2-4-12)17-13-5-7-14(8-6-13)20-15-9-10-19-11-15/h5-8,12,15H,1-4,9-11H2,(H,17,18). The van der Waals surface area contributed by atoms with Crippen LogP contribution >= 0.6 is 0 Å². The average molecular weight is 275 g/mol. The summed E-state index contributed by atoms with van der Waals surface area (Å²) < 4.78 is 11.1. The van der Waals surface area contributed by atoms with Crippen molar-refractivity contribution in [2.45, 2.75) is 38.2 Å². The summed E-state index contributed by atoms with van der Waals surface area (Å²) in [6.45, 7) is 1.44. The molecule has 20 heavy (non-hydrogen) atoms. The van der Waals surface area contributed by atoms with Crippen LogP contribution in [0.4, 0.5) is 5.69 Å². The Bertz CT molecular complexity index is 445. The molecule has 1 aromatic rings. The van der Waals surface area contributed by atoms with Gasteiger partial charge < -0.3 is 14.8 Å². The van der Waals surface area contributed by atoms with Crippen LogP contribution in [0.3, 0.4) is 0 Å². The van der Waals surface area contributed by atoms with Crippen LogP contribution in [0.2, 0.25) is 0 Å². The van der Waals surface area contributed by atoms with E-state index in [-0.39, 0.29) is 17.9 Å². The van der Waals surface area contributed by atoms with E-state index in [4.69, 9.17) is 9.47 Å². The zero-order valence-corrected chi connectivity index (χ0v) is 11.6. The number of nitrogens with one attached hydrogen (secondary N) is 1. The lowest BCUT2D eigenvalue weighted by atomic mass is 10.1. The highest BCUT2D eigenvalue weighted by atomic mass is 16.5. The number of rotatable bonds is 4. The second kappa shape index (κ2) is 6.27. The second-order valence-corrected chi connectivity index (χ2v) is 5.60. The maximum atomic E-state index is 12.0. The minimum absolute atomic E-state index is 0.153. The molecular weight excluding hydrogens is 254 g/mol. The lowest BCUT2D eigenvalue weighted by Gasteiger charge is -2.13.